The van der Waals surface area contributed by atoms with Crippen LogP contribution in [0, 0.1) is 0 Å². The Morgan fingerprint density at radius 1 is 1.04 bits per heavy atom. The van der Waals surface area contributed by atoms with Crippen molar-refractivity contribution in [3.63, 3.8) is 0 Å². The lowest BCUT2D eigenvalue weighted by molar-refractivity contribution is -0.124. The first-order chi connectivity index (χ1) is 11.2. The van der Waals surface area contributed by atoms with Gasteiger partial charge in [0.25, 0.3) is 0 Å². The first-order valence-corrected chi connectivity index (χ1v) is 7.82. The van der Waals surface area contributed by atoms with Gasteiger partial charge >= 0.3 is 0 Å². The Labute approximate surface area is 137 Å². The van der Waals surface area contributed by atoms with E-state index in [4.69, 9.17) is 4.74 Å². The fourth-order valence-electron chi connectivity index (χ4n) is 2.41. The van der Waals surface area contributed by atoms with Crippen LogP contribution in [0.15, 0.2) is 60.7 Å². The quantitative estimate of drug-likeness (QED) is 0.788. The molecule has 1 amide bonds. The number of carbonyl (C=O) groups excluding carboxylic acids is 1. The molecule has 4 nitrogen and oxygen atoms in total. The van der Waals surface area contributed by atoms with Crippen molar-refractivity contribution in [2.24, 2.45) is 0 Å². The van der Waals surface area contributed by atoms with Crippen molar-refractivity contribution in [2.45, 2.75) is 25.6 Å². The molecule has 122 valence electrons. The first kappa shape index (κ1) is 17.2. The molecule has 2 atom stereocenters. The lowest BCUT2D eigenvalue weighted by Crippen LogP contribution is -2.47. The van der Waals surface area contributed by atoms with E-state index < -0.39 is 0 Å². The average molecular weight is 312 g/mol. The van der Waals surface area contributed by atoms with Crippen LogP contribution in [0.25, 0.3) is 0 Å². The van der Waals surface area contributed by atoms with Crippen LogP contribution in [-0.4, -0.2) is 25.7 Å². The van der Waals surface area contributed by atoms with Crippen LogP contribution in [0.1, 0.15) is 24.1 Å². The van der Waals surface area contributed by atoms with Crippen LogP contribution in [-0.2, 0) is 16.1 Å². The van der Waals surface area contributed by atoms with Crippen LogP contribution < -0.4 is 10.6 Å². The van der Waals surface area contributed by atoms with Crippen molar-refractivity contribution in [3.8, 4) is 0 Å². The number of methoxy groups -OCH3 is 1. The predicted molar refractivity (Wildman–Crippen MR) is 91.9 cm³/mol. The van der Waals surface area contributed by atoms with Gasteiger partial charge in [-0.05, 0) is 18.1 Å². The monoisotopic (exact) mass is 312 g/mol. The third-order valence-corrected chi connectivity index (χ3v) is 3.71. The number of ether oxygens (including phenoxy) is 1. The standard InChI is InChI=1S/C19H24N2O2/c1-15(17-11-7-4-8-12-17)21-18(14-23-2)19(22)20-13-16-9-5-3-6-10-16/h3-12,15,18,21H,13-14H2,1-2H3,(H,20,22)/t15-,18-/m1/s1. The average Bonchev–Trinajstić information content (AvgIpc) is 2.61. The molecule has 0 unspecified atom stereocenters. The van der Waals surface area contributed by atoms with Crippen LogP contribution >= 0.6 is 0 Å². The highest BCUT2D eigenvalue weighted by Crippen LogP contribution is 2.12. The minimum absolute atomic E-state index is 0.0570. The summed E-state index contributed by atoms with van der Waals surface area (Å²) in [6, 6.07) is 19.6. The van der Waals surface area contributed by atoms with Crippen molar-refractivity contribution in [1.82, 2.24) is 10.6 Å². The van der Waals surface area contributed by atoms with E-state index in [9.17, 15) is 4.79 Å². The molecule has 0 radical (unpaired) electrons. The topological polar surface area (TPSA) is 50.4 Å². The Bertz CT molecular complexity index is 587. The number of hydrogen-bond donors (Lipinski definition) is 2. The van der Waals surface area contributed by atoms with Gasteiger partial charge in [0.05, 0.1) is 6.61 Å². The largest absolute Gasteiger partial charge is 0.383 e. The molecule has 0 aliphatic carbocycles. The van der Waals surface area contributed by atoms with Crippen molar-refractivity contribution in [2.75, 3.05) is 13.7 Å². The van der Waals surface area contributed by atoms with Gasteiger partial charge in [-0.15, -0.1) is 0 Å². The van der Waals surface area contributed by atoms with Gasteiger partial charge in [0.1, 0.15) is 6.04 Å². The van der Waals surface area contributed by atoms with E-state index in [1.165, 1.54) is 0 Å². The molecule has 0 bridgehead atoms. The minimum Gasteiger partial charge on any atom is -0.383 e. The van der Waals surface area contributed by atoms with E-state index in [1.54, 1.807) is 7.11 Å². The van der Waals surface area contributed by atoms with Gasteiger partial charge in [0.2, 0.25) is 5.91 Å². The molecule has 0 aliphatic heterocycles. The van der Waals surface area contributed by atoms with Gasteiger partial charge in [-0.2, -0.15) is 0 Å². The number of nitrogens with one attached hydrogen (secondary N) is 2. The number of rotatable bonds is 8. The van der Waals surface area contributed by atoms with Gasteiger partial charge in [-0.1, -0.05) is 60.7 Å². The minimum atomic E-state index is -0.390. The van der Waals surface area contributed by atoms with E-state index in [-0.39, 0.29) is 18.0 Å². The van der Waals surface area contributed by atoms with E-state index >= 15 is 0 Å². The molecule has 0 fully saturated rings. The molecular weight excluding hydrogens is 288 g/mol. The lowest BCUT2D eigenvalue weighted by Gasteiger charge is -2.22. The summed E-state index contributed by atoms with van der Waals surface area (Å²) in [5.74, 6) is -0.0570. The van der Waals surface area contributed by atoms with Crippen LogP contribution in [0.3, 0.4) is 0 Å². The summed E-state index contributed by atoms with van der Waals surface area (Å²) in [6.07, 6.45) is 0. The first-order valence-electron chi connectivity index (χ1n) is 7.82. The molecule has 2 aromatic rings. The van der Waals surface area contributed by atoms with Crippen LogP contribution in [0.2, 0.25) is 0 Å². The van der Waals surface area contributed by atoms with Gasteiger partial charge in [-0.25, -0.2) is 0 Å². The van der Waals surface area contributed by atoms with Gasteiger partial charge < -0.3 is 10.1 Å². The highest BCUT2D eigenvalue weighted by Gasteiger charge is 2.20. The lowest BCUT2D eigenvalue weighted by atomic mass is 10.1. The normalized spacial score (nSPS) is 13.3. The fraction of sp³-hybridized carbons (Fsp3) is 0.316. The molecule has 2 N–H and O–H groups in total. The van der Waals surface area contributed by atoms with Gasteiger partial charge in [-0.3, -0.25) is 10.1 Å². The molecule has 2 aromatic carbocycles. The third-order valence-electron chi connectivity index (χ3n) is 3.71. The van der Waals surface area contributed by atoms with Crippen molar-refractivity contribution >= 4 is 5.91 Å². The fourth-order valence-corrected chi connectivity index (χ4v) is 2.41. The second kappa shape index (κ2) is 9.08. The number of benzene rings is 2. The summed E-state index contributed by atoms with van der Waals surface area (Å²) in [7, 11) is 1.60. The second-order valence-corrected chi connectivity index (χ2v) is 5.51. The summed E-state index contributed by atoms with van der Waals surface area (Å²) in [5, 5.41) is 6.29. The maximum absolute atomic E-state index is 12.4. The predicted octanol–water partition coefficient (Wildman–Crippen LogP) is 2.67. The Balaban J connectivity index is 1.93. The summed E-state index contributed by atoms with van der Waals surface area (Å²) < 4.78 is 5.19. The second-order valence-electron chi connectivity index (χ2n) is 5.51. The molecule has 0 heterocycles. The smallest absolute Gasteiger partial charge is 0.239 e. The Kier molecular flexibility index (Phi) is 6.78. The maximum atomic E-state index is 12.4. The third kappa shape index (κ3) is 5.51. The summed E-state index contributed by atoms with van der Waals surface area (Å²) in [6.45, 7) is 2.89. The zero-order valence-electron chi connectivity index (χ0n) is 13.7. The zero-order valence-corrected chi connectivity index (χ0v) is 13.7. The zero-order chi connectivity index (χ0) is 16.5. The maximum Gasteiger partial charge on any atom is 0.239 e. The molecule has 0 saturated carbocycles. The Hall–Kier alpha value is -2.17. The molecule has 0 aromatic heterocycles. The summed E-state index contributed by atoms with van der Waals surface area (Å²) >= 11 is 0. The van der Waals surface area contributed by atoms with Crippen molar-refractivity contribution in [1.29, 1.82) is 0 Å². The van der Waals surface area contributed by atoms with Crippen molar-refractivity contribution < 1.29 is 9.53 Å². The SMILES string of the molecule is COC[C@@H](N[C@H](C)c1ccccc1)C(=O)NCc1ccccc1. The summed E-state index contributed by atoms with van der Waals surface area (Å²) in [4.78, 5) is 12.4. The molecular formula is C19H24N2O2. The highest BCUT2D eigenvalue weighted by atomic mass is 16.5. The van der Waals surface area contributed by atoms with Crippen molar-refractivity contribution in [3.05, 3.63) is 71.8 Å². The molecule has 4 heteroatoms. The molecule has 23 heavy (non-hydrogen) atoms. The molecule has 0 spiro atoms. The van der Waals surface area contributed by atoms with E-state index in [2.05, 4.69) is 10.6 Å². The van der Waals surface area contributed by atoms with E-state index in [0.29, 0.717) is 13.2 Å². The van der Waals surface area contributed by atoms with Gasteiger partial charge in [0, 0.05) is 19.7 Å². The van der Waals surface area contributed by atoms with Gasteiger partial charge in [0.15, 0.2) is 0 Å². The van der Waals surface area contributed by atoms with E-state index in [0.717, 1.165) is 11.1 Å². The molecule has 2 rings (SSSR count). The molecule has 0 aliphatic rings. The number of amides is 1. The van der Waals surface area contributed by atoms with Crippen LogP contribution in [0.5, 0.6) is 0 Å². The molecule has 0 saturated heterocycles. The highest BCUT2D eigenvalue weighted by molar-refractivity contribution is 5.81. The number of carbonyl (C=O) groups is 1. The Morgan fingerprint density at radius 3 is 2.26 bits per heavy atom. The van der Waals surface area contributed by atoms with E-state index in [1.807, 2.05) is 67.6 Å². The Morgan fingerprint density at radius 2 is 1.65 bits per heavy atom. The van der Waals surface area contributed by atoms with Crippen LogP contribution in [0.4, 0.5) is 0 Å². The summed E-state index contributed by atoms with van der Waals surface area (Å²) in [5.41, 5.74) is 2.22. The number of hydrogen-bond acceptors (Lipinski definition) is 3.